The van der Waals surface area contributed by atoms with Gasteiger partial charge in [0.05, 0.1) is 12.2 Å². The average molecular weight is 685 g/mol. The standard InChI is InChI=1S/C28H44F3O10PSi2/c1-26(2,3)43(8,9)40-23-21(16-36-42(33,34)35-7)39-25(24(23)41-44(10,11)27(4,5)6)37-17-12-13-18-19(28(29,30)31)15-22(32)38-20(18)14-17/h12-15,21,23-25H,16H2,1-11H3,(H,33,34). The summed E-state index contributed by atoms with van der Waals surface area (Å²) in [6, 6.07) is 4.04. The van der Waals surface area contributed by atoms with Gasteiger partial charge in [-0.2, -0.15) is 13.2 Å². The highest BCUT2D eigenvalue weighted by Crippen LogP contribution is 2.46. The predicted molar refractivity (Wildman–Crippen MR) is 164 cm³/mol. The van der Waals surface area contributed by atoms with Gasteiger partial charge in [-0.05, 0) is 48.4 Å². The molecule has 0 radical (unpaired) electrons. The number of alkyl halides is 3. The van der Waals surface area contributed by atoms with Crippen LogP contribution in [0.25, 0.3) is 11.0 Å². The summed E-state index contributed by atoms with van der Waals surface area (Å²) in [4.78, 5) is 21.9. The normalized spacial score (nSPS) is 23.6. The molecule has 5 unspecified atom stereocenters. The number of halogens is 3. The van der Waals surface area contributed by atoms with Crippen molar-refractivity contribution in [2.24, 2.45) is 0 Å². The van der Waals surface area contributed by atoms with Crippen LogP contribution in [0.2, 0.25) is 36.3 Å². The van der Waals surface area contributed by atoms with Gasteiger partial charge in [0.1, 0.15) is 29.6 Å². The zero-order chi connectivity index (χ0) is 33.7. The number of phosphoric ester groups is 1. The summed E-state index contributed by atoms with van der Waals surface area (Å²) in [5, 5.41) is -0.788. The Balaban J connectivity index is 2.10. The molecule has 1 N–H and O–H groups in total. The van der Waals surface area contributed by atoms with Gasteiger partial charge in [-0.3, -0.25) is 9.05 Å². The Labute approximate surface area is 258 Å². The Kier molecular flexibility index (Phi) is 10.5. The highest BCUT2D eigenvalue weighted by molar-refractivity contribution is 7.47. The Hall–Kier alpha value is -1.56. The Bertz CT molecular complexity index is 1430. The summed E-state index contributed by atoms with van der Waals surface area (Å²) in [7, 11) is -8.42. The van der Waals surface area contributed by atoms with Crippen LogP contribution in [0.5, 0.6) is 5.75 Å². The SMILES string of the molecule is COP(=O)(O)OCC1OC(Oc2ccc3c(C(F)(F)F)cc(=O)oc3c2)C(O[Si](C)(C)C(C)(C)C)C1O[Si](C)(C)C(C)(C)C. The summed E-state index contributed by atoms with van der Waals surface area (Å²) in [6.07, 6.45) is -8.59. The smallest absolute Gasteiger partial charge is 0.462 e. The van der Waals surface area contributed by atoms with E-state index in [-0.39, 0.29) is 26.8 Å². The van der Waals surface area contributed by atoms with Gasteiger partial charge in [-0.25, -0.2) is 9.36 Å². The van der Waals surface area contributed by atoms with E-state index in [0.717, 1.165) is 13.2 Å². The average Bonchev–Trinajstić information content (AvgIpc) is 3.14. The van der Waals surface area contributed by atoms with Crippen molar-refractivity contribution in [1.82, 2.24) is 0 Å². The van der Waals surface area contributed by atoms with Crippen LogP contribution in [0.4, 0.5) is 13.2 Å². The number of hydrogen-bond acceptors (Lipinski definition) is 9. The maximum Gasteiger partial charge on any atom is 0.472 e. The van der Waals surface area contributed by atoms with Crippen molar-refractivity contribution < 1.29 is 54.4 Å². The fourth-order valence-electron chi connectivity index (χ4n) is 4.03. The second kappa shape index (κ2) is 12.6. The second-order valence-electron chi connectivity index (χ2n) is 13.9. The molecule has 1 saturated heterocycles. The van der Waals surface area contributed by atoms with E-state index in [4.69, 9.17) is 27.3 Å². The molecule has 16 heteroatoms. The van der Waals surface area contributed by atoms with Crippen LogP contribution in [0.3, 0.4) is 0 Å². The number of ether oxygens (including phenoxy) is 2. The minimum Gasteiger partial charge on any atom is -0.462 e. The molecule has 0 spiro atoms. The zero-order valence-corrected chi connectivity index (χ0v) is 29.9. The van der Waals surface area contributed by atoms with Crippen LogP contribution in [0.15, 0.2) is 33.5 Å². The highest BCUT2D eigenvalue weighted by Gasteiger charge is 2.55. The first-order valence-corrected chi connectivity index (χ1v) is 21.5. The van der Waals surface area contributed by atoms with Gasteiger partial charge in [0.2, 0.25) is 6.29 Å². The lowest BCUT2D eigenvalue weighted by Crippen LogP contribution is -2.55. The molecular weight excluding hydrogens is 640 g/mol. The van der Waals surface area contributed by atoms with E-state index in [2.05, 4.69) is 46.1 Å². The summed E-state index contributed by atoms with van der Waals surface area (Å²) >= 11 is 0. The number of hydrogen-bond donors (Lipinski definition) is 1. The fourth-order valence-corrected chi connectivity index (χ4v) is 7.07. The van der Waals surface area contributed by atoms with Crippen molar-refractivity contribution in [2.75, 3.05) is 13.7 Å². The number of rotatable bonds is 10. The molecule has 0 aliphatic carbocycles. The molecule has 5 atom stereocenters. The minimum atomic E-state index is -4.77. The molecule has 0 amide bonds. The van der Waals surface area contributed by atoms with E-state index in [1.807, 2.05) is 26.2 Å². The van der Waals surface area contributed by atoms with E-state index in [1.54, 1.807) is 0 Å². The Morgan fingerprint density at radius 1 is 0.932 bits per heavy atom. The Morgan fingerprint density at radius 3 is 1.98 bits per heavy atom. The molecule has 3 rings (SSSR count). The van der Waals surface area contributed by atoms with Gasteiger partial charge in [-0.15, -0.1) is 0 Å². The maximum absolute atomic E-state index is 13.6. The van der Waals surface area contributed by atoms with Crippen LogP contribution in [-0.4, -0.2) is 59.8 Å². The second-order valence-corrected chi connectivity index (χ2v) is 25.0. The van der Waals surface area contributed by atoms with Gasteiger partial charge >= 0.3 is 19.6 Å². The van der Waals surface area contributed by atoms with Crippen molar-refractivity contribution in [3.63, 3.8) is 0 Å². The van der Waals surface area contributed by atoms with E-state index >= 15 is 0 Å². The van der Waals surface area contributed by atoms with E-state index in [0.29, 0.717) is 6.07 Å². The van der Waals surface area contributed by atoms with Crippen LogP contribution < -0.4 is 10.4 Å². The number of benzene rings is 1. The molecule has 1 aliphatic rings. The molecule has 1 aromatic heterocycles. The third kappa shape index (κ3) is 8.42. The molecule has 1 fully saturated rings. The predicted octanol–water partition coefficient (Wildman–Crippen LogP) is 7.46. The van der Waals surface area contributed by atoms with Crippen molar-refractivity contribution in [1.29, 1.82) is 0 Å². The quantitative estimate of drug-likeness (QED) is 0.153. The van der Waals surface area contributed by atoms with Crippen LogP contribution in [0, 0.1) is 0 Å². The fraction of sp³-hybridized carbons (Fsp3) is 0.679. The van der Waals surface area contributed by atoms with E-state index in [1.165, 1.54) is 12.1 Å². The highest BCUT2D eigenvalue weighted by atomic mass is 31.2. The van der Waals surface area contributed by atoms with Crippen molar-refractivity contribution >= 4 is 35.4 Å². The molecule has 2 heterocycles. The topological polar surface area (TPSA) is 123 Å². The van der Waals surface area contributed by atoms with Crippen molar-refractivity contribution in [3.05, 3.63) is 40.2 Å². The zero-order valence-electron chi connectivity index (χ0n) is 27.0. The van der Waals surface area contributed by atoms with Crippen molar-refractivity contribution in [2.45, 2.75) is 109 Å². The molecule has 1 aliphatic heterocycles. The molecule has 0 bridgehead atoms. The van der Waals surface area contributed by atoms with Gasteiger partial charge in [0.15, 0.2) is 16.6 Å². The molecular formula is C28H44F3O10PSi2. The van der Waals surface area contributed by atoms with Crippen molar-refractivity contribution in [3.8, 4) is 5.75 Å². The molecule has 44 heavy (non-hydrogen) atoms. The Morgan fingerprint density at radius 2 is 1.48 bits per heavy atom. The molecule has 2 aromatic rings. The van der Waals surface area contributed by atoms with Crippen LogP contribution in [-0.2, 0) is 33.4 Å². The van der Waals surface area contributed by atoms with E-state index < -0.39 is 73.0 Å². The third-order valence-corrected chi connectivity index (χ3v) is 18.5. The largest absolute Gasteiger partial charge is 0.472 e. The first kappa shape index (κ1) is 36.9. The molecule has 0 saturated carbocycles. The van der Waals surface area contributed by atoms with Crippen LogP contribution in [0.1, 0.15) is 47.1 Å². The number of fused-ring (bicyclic) bond motifs is 1. The minimum absolute atomic E-state index is 0.0474. The maximum atomic E-state index is 13.6. The molecule has 10 nitrogen and oxygen atoms in total. The van der Waals surface area contributed by atoms with Crippen LogP contribution >= 0.6 is 7.82 Å². The lowest BCUT2D eigenvalue weighted by Gasteiger charge is -2.43. The summed E-state index contributed by atoms with van der Waals surface area (Å²) in [5.74, 6) is 0.0474. The van der Waals surface area contributed by atoms with E-state index in [9.17, 15) is 27.4 Å². The summed E-state index contributed by atoms with van der Waals surface area (Å²) in [5.41, 5.74) is -2.61. The van der Waals surface area contributed by atoms with Gasteiger partial charge < -0.3 is 27.6 Å². The summed E-state index contributed by atoms with van der Waals surface area (Å²) < 4.78 is 93.9. The third-order valence-electron chi connectivity index (χ3n) is 8.65. The van der Waals surface area contributed by atoms with Gasteiger partial charge in [0, 0.05) is 24.6 Å². The molecule has 250 valence electrons. The lowest BCUT2D eigenvalue weighted by atomic mass is 10.1. The number of phosphoric acid groups is 1. The van der Waals surface area contributed by atoms with Gasteiger partial charge in [0.25, 0.3) is 0 Å². The molecule has 1 aromatic carbocycles. The first-order valence-electron chi connectivity index (χ1n) is 14.1. The first-order chi connectivity index (χ1) is 19.8. The summed E-state index contributed by atoms with van der Waals surface area (Å²) in [6.45, 7) is 20.1. The van der Waals surface area contributed by atoms with Gasteiger partial charge in [-0.1, -0.05) is 41.5 Å². The monoisotopic (exact) mass is 684 g/mol. The lowest BCUT2D eigenvalue weighted by molar-refractivity contribution is -0.136.